The summed E-state index contributed by atoms with van der Waals surface area (Å²) in [7, 11) is 0. The highest BCUT2D eigenvalue weighted by Gasteiger charge is 2.20. The third-order valence-corrected chi connectivity index (χ3v) is 5.45. The number of hydrogen-bond acceptors (Lipinski definition) is 7. The molecule has 0 bridgehead atoms. The van der Waals surface area contributed by atoms with E-state index in [-0.39, 0.29) is 5.25 Å². The first-order chi connectivity index (χ1) is 13.5. The maximum atomic E-state index is 5.83. The fraction of sp³-hybridized carbons (Fsp3) is 0.238. The van der Waals surface area contributed by atoms with Crippen LogP contribution in [0.5, 0.6) is 0 Å². The van der Waals surface area contributed by atoms with Crippen LogP contribution in [0.3, 0.4) is 0 Å². The molecule has 0 aliphatic rings. The summed E-state index contributed by atoms with van der Waals surface area (Å²) in [5, 5.41) is 17.0. The van der Waals surface area contributed by atoms with Crippen LogP contribution in [0.1, 0.15) is 34.8 Å². The molecule has 142 valence electrons. The van der Waals surface area contributed by atoms with Gasteiger partial charge in [0.15, 0.2) is 0 Å². The van der Waals surface area contributed by atoms with Crippen molar-refractivity contribution in [3.63, 3.8) is 0 Å². The zero-order valence-electron chi connectivity index (χ0n) is 16.1. The van der Waals surface area contributed by atoms with Crippen molar-refractivity contribution < 1.29 is 8.83 Å². The van der Waals surface area contributed by atoms with Gasteiger partial charge in [-0.05, 0) is 63.1 Å². The maximum Gasteiger partial charge on any atom is 0.277 e. The lowest BCUT2D eigenvalue weighted by molar-refractivity contribution is 0.461. The third kappa shape index (κ3) is 3.84. The first kappa shape index (κ1) is 18.4. The highest BCUT2D eigenvalue weighted by molar-refractivity contribution is 7.99. The number of aromatic nitrogens is 4. The molecule has 7 heteroatoms. The van der Waals surface area contributed by atoms with E-state index in [0.29, 0.717) is 22.9 Å². The Labute approximate surface area is 167 Å². The molecule has 0 aliphatic carbocycles. The van der Waals surface area contributed by atoms with Gasteiger partial charge in [-0.3, -0.25) is 0 Å². The molecule has 2 aromatic heterocycles. The molecular weight excluding hydrogens is 372 g/mol. The number of hydrogen-bond donors (Lipinski definition) is 0. The highest BCUT2D eigenvalue weighted by Crippen LogP contribution is 2.35. The Morgan fingerprint density at radius 1 is 0.750 bits per heavy atom. The van der Waals surface area contributed by atoms with Crippen molar-refractivity contribution in [2.45, 2.75) is 38.2 Å². The average Bonchev–Trinajstić information content (AvgIpc) is 3.34. The number of rotatable bonds is 5. The van der Waals surface area contributed by atoms with E-state index in [2.05, 4.69) is 40.3 Å². The van der Waals surface area contributed by atoms with Crippen molar-refractivity contribution in [1.82, 2.24) is 20.4 Å². The molecule has 28 heavy (non-hydrogen) atoms. The Hall–Kier alpha value is -2.93. The standard InChI is InChI=1S/C21H20N4O2S/c1-12-5-8-16(9-6-12)19-23-22-18(26-19)15(4)28-21-25-24-20(27-21)17-10-7-13(2)14(3)11-17/h5-11,15H,1-4H3. The quantitative estimate of drug-likeness (QED) is 0.411. The lowest BCUT2D eigenvalue weighted by atomic mass is 10.1. The Morgan fingerprint density at radius 3 is 2.18 bits per heavy atom. The number of aryl methyl sites for hydroxylation is 3. The van der Waals surface area contributed by atoms with Gasteiger partial charge in [-0.2, -0.15) is 0 Å². The van der Waals surface area contributed by atoms with Crippen molar-refractivity contribution >= 4 is 11.8 Å². The van der Waals surface area contributed by atoms with Gasteiger partial charge in [0.1, 0.15) is 0 Å². The molecule has 4 aromatic rings. The summed E-state index contributed by atoms with van der Waals surface area (Å²) in [6.07, 6.45) is 0. The monoisotopic (exact) mass is 392 g/mol. The predicted octanol–water partition coefficient (Wildman–Crippen LogP) is 5.57. The van der Waals surface area contributed by atoms with E-state index in [0.717, 1.165) is 11.1 Å². The van der Waals surface area contributed by atoms with Crippen molar-refractivity contribution in [1.29, 1.82) is 0 Å². The van der Waals surface area contributed by atoms with Crippen LogP contribution < -0.4 is 0 Å². The van der Waals surface area contributed by atoms with Crippen molar-refractivity contribution in [2.24, 2.45) is 0 Å². The molecule has 4 rings (SSSR count). The van der Waals surface area contributed by atoms with Crippen LogP contribution in [0.4, 0.5) is 0 Å². The van der Waals surface area contributed by atoms with Crippen LogP contribution in [0.2, 0.25) is 0 Å². The zero-order valence-corrected chi connectivity index (χ0v) is 16.9. The molecule has 0 amide bonds. The molecule has 0 saturated heterocycles. The topological polar surface area (TPSA) is 77.8 Å². The summed E-state index contributed by atoms with van der Waals surface area (Å²) in [6.45, 7) is 8.15. The van der Waals surface area contributed by atoms with Gasteiger partial charge in [-0.15, -0.1) is 20.4 Å². The van der Waals surface area contributed by atoms with Gasteiger partial charge in [0, 0.05) is 11.1 Å². The van der Waals surface area contributed by atoms with Gasteiger partial charge in [0.05, 0.1) is 5.25 Å². The van der Waals surface area contributed by atoms with Gasteiger partial charge >= 0.3 is 0 Å². The van der Waals surface area contributed by atoms with E-state index in [1.165, 1.54) is 28.5 Å². The van der Waals surface area contributed by atoms with E-state index in [1.807, 2.05) is 50.2 Å². The Balaban J connectivity index is 1.48. The SMILES string of the molecule is Cc1ccc(-c2nnc(C(C)Sc3nnc(-c4ccc(C)c(C)c4)o3)o2)cc1. The minimum Gasteiger partial charge on any atom is -0.419 e. The highest BCUT2D eigenvalue weighted by atomic mass is 32.2. The van der Waals surface area contributed by atoms with Crippen LogP contribution in [0.25, 0.3) is 22.9 Å². The molecule has 2 aromatic carbocycles. The fourth-order valence-corrected chi connectivity index (χ4v) is 3.38. The van der Waals surface area contributed by atoms with Gasteiger partial charge in [-0.25, -0.2) is 0 Å². The van der Waals surface area contributed by atoms with Crippen molar-refractivity contribution in [3.8, 4) is 22.9 Å². The van der Waals surface area contributed by atoms with Gasteiger partial charge < -0.3 is 8.83 Å². The van der Waals surface area contributed by atoms with E-state index in [9.17, 15) is 0 Å². The van der Waals surface area contributed by atoms with Crippen LogP contribution in [0.15, 0.2) is 56.5 Å². The van der Waals surface area contributed by atoms with Crippen molar-refractivity contribution in [3.05, 3.63) is 65.0 Å². The third-order valence-electron chi connectivity index (χ3n) is 4.52. The van der Waals surface area contributed by atoms with Crippen molar-refractivity contribution in [2.75, 3.05) is 0 Å². The smallest absolute Gasteiger partial charge is 0.277 e. The second-order valence-corrected chi connectivity index (χ2v) is 8.04. The Morgan fingerprint density at radius 2 is 1.43 bits per heavy atom. The first-order valence-corrected chi connectivity index (χ1v) is 9.86. The second kappa shape index (κ2) is 7.59. The van der Waals surface area contributed by atoms with Crippen LogP contribution in [-0.4, -0.2) is 20.4 Å². The maximum absolute atomic E-state index is 5.83. The molecule has 0 aliphatic heterocycles. The molecule has 0 radical (unpaired) electrons. The number of thioether (sulfide) groups is 1. The van der Waals surface area contributed by atoms with Gasteiger partial charge in [-0.1, -0.05) is 35.5 Å². The zero-order chi connectivity index (χ0) is 19.7. The molecule has 6 nitrogen and oxygen atoms in total. The molecular formula is C21H20N4O2S. The largest absolute Gasteiger partial charge is 0.419 e. The summed E-state index contributed by atoms with van der Waals surface area (Å²) in [5.41, 5.74) is 5.41. The normalized spacial score (nSPS) is 12.3. The minimum atomic E-state index is -0.111. The van der Waals surface area contributed by atoms with Gasteiger partial charge in [0.25, 0.3) is 5.22 Å². The molecule has 1 unspecified atom stereocenters. The van der Waals surface area contributed by atoms with Crippen LogP contribution >= 0.6 is 11.8 Å². The molecule has 0 N–H and O–H groups in total. The second-order valence-electron chi connectivity index (χ2n) is 6.74. The van der Waals surface area contributed by atoms with Crippen LogP contribution in [0, 0.1) is 20.8 Å². The van der Waals surface area contributed by atoms with E-state index < -0.39 is 0 Å². The Kier molecular flexibility index (Phi) is 5.00. The lowest BCUT2D eigenvalue weighted by Gasteiger charge is -2.02. The van der Waals surface area contributed by atoms with Crippen LogP contribution in [-0.2, 0) is 0 Å². The lowest BCUT2D eigenvalue weighted by Crippen LogP contribution is -1.88. The van der Waals surface area contributed by atoms with E-state index in [4.69, 9.17) is 8.83 Å². The summed E-state index contributed by atoms with van der Waals surface area (Å²) in [5.74, 6) is 1.53. The number of nitrogens with zero attached hydrogens (tertiary/aromatic N) is 4. The molecule has 0 fully saturated rings. The average molecular weight is 392 g/mol. The van der Waals surface area contributed by atoms with E-state index in [1.54, 1.807) is 0 Å². The van der Waals surface area contributed by atoms with Gasteiger partial charge in [0.2, 0.25) is 17.7 Å². The molecule has 0 spiro atoms. The summed E-state index contributed by atoms with van der Waals surface area (Å²) >= 11 is 1.39. The Bertz CT molecular complexity index is 1100. The molecule has 2 heterocycles. The fourth-order valence-electron chi connectivity index (χ4n) is 2.66. The molecule has 0 saturated carbocycles. The summed E-state index contributed by atoms with van der Waals surface area (Å²) in [6, 6.07) is 14.1. The minimum absolute atomic E-state index is 0.111. The summed E-state index contributed by atoms with van der Waals surface area (Å²) in [4.78, 5) is 0. The summed E-state index contributed by atoms with van der Waals surface area (Å²) < 4.78 is 11.6. The first-order valence-electron chi connectivity index (χ1n) is 8.98. The number of benzene rings is 2. The van der Waals surface area contributed by atoms with E-state index >= 15 is 0 Å². The molecule has 1 atom stereocenters. The predicted molar refractivity (Wildman–Crippen MR) is 108 cm³/mol.